The zero-order valence-electron chi connectivity index (χ0n) is 37.0. The predicted octanol–water partition coefficient (Wildman–Crippen LogP) is 15.8. The molecule has 0 bridgehead atoms. The quantitative estimate of drug-likeness (QED) is 0.146. The summed E-state index contributed by atoms with van der Waals surface area (Å²) in [7, 11) is 0. The standard InChI is InChI=1S/C27H25FN2O.C24H30N2.C2H6/c1-16(2)20-15-21(17(3)4)26-24(19-10-6-8-12-23(19)31-26)25(20)30-14-13-29-27(30)18-9-5-7-11-22(18)28;1-16(2)19-10-7-8-11-22(19)24-25-14-15-26(24)23-20(17(3)4)12-9-13-21(23)18(5)6;1-2/h5-17H,1-4H3;7-18H,1-6H3;1-2H3. The topological polar surface area (TPSA) is 48.8 Å². The minimum absolute atomic E-state index is 0.265. The van der Waals surface area contributed by atoms with Gasteiger partial charge in [0.15, 0.2) is 0 Å². The zero-order valence-corrected chi connectivity index (χ0v) is 37.0. The molecule has 6 heteroatoms. The van der Waals surface area contributed by atoms with Crippen molar-refractivity contribution in [2.75, 3.05) is 0 Å². The first-order valence-electron chi connectivity index (χ1n) is 21.4. The Hall–Kier alpha value is -5.75. The Balaban J connectivity index is 0.000000193. The van der Waals surface area contributed by atoms with Crippen molar-refractivity contribution in [2.24, 2.45) is 0 Å². The molecular formula is C53H61FN4O. The molecule has 0 spiro atoms. The van der Waals surface area contributed by atoms with Crippen LogP contribution in [0.25, 0.3) is 56.1 Å². The van der Waals surface area contributed by atoms with E-state index in [0.717, 1.165) is 33.5 Å². The van der Waals surface area contributed by atoms with E-state index in [9.17, 15) is 4.39 Å². The fraction of sp³-hybridized carbons (Fsp3) is 0.321. The molecule has 0 saturated heterocycles. The molecule has 0 atom stereocenters. The van der Waals surface area contributed by atoms with Crippen LogP contribution in [-0.2, 0) is 0 Å². The Labute approximate surface area is 351 Å². The third kappa shape index (κ3) is 8.41. The third-order valence-electron chi connectivity index (χ3n) is 11.0. The molecule has 0 fully saturated rings. The molecule has 8 rings (SSSR count). The van der Waals surface area contributed by atoms with Crippen LogP contribution < -0.4 is 0 Å². The summed E-state index contributed by atoms with van der Waals surface area (Å²) >= 11 is 0. The highest BCUT2D eigenvalue weighted by atomic mass is 19.1. The molecule has 8 aromatic rings. The van der Waals surface area contributed by atoms with Crippen molar-refractivity contribution in [1.29, 1.82) is 0 Å². The first-order valence-corrected chi connectivity index (χ1v) is 21.4. The van der Waals surface area contributed by atoms with Crippen molar-refractivity contribution in [3.8, 4) is 34.2 Å². The van der Waals surface area contributed by atoms with Crippen LogP contribution in [0.5, 0.6) is 0 Å². The van der Waals surface area contributed by atoms with Crippen molar-refractivity contribution in [1.82, 2.24) is 19.1 Å². The van der Waals surface area contributed by atoms with Crippen molar-refractivity contribution in [3.63, 3.8) is 0 Å². The Morgan fingerprint density at radius 1 is 0.492 bits per heavy atom. The van der Waals surface area contributed by atoms with E-state index < -0.39 is 0 Å². The molecule has 3 heterocycles. The van der Waals surface area contributed by atoms with Gasteiger partial charge in [-0.15, -0.1) is 0 Å². The summed E-state index contributed by atoms with van der Waals surface area (Å²) in [5.41, 5.74) is 12.2. The number of fused-ring (bicyclic) bond motifs is 3. The summed E-state index contributed by atoms with van der Waals surface area (Å²) in [6, 6.07) is 32.5. The molecule has 3 aromatic heterocycles. The summed E-state index contributed by atoms with van der Waals surface area (Å²) in [4.78, 5) is 9.31. The van der Waals surface area contributed by atoms with E-state index in [1.54, 1.807) is 18.3 Å². The summed E-state index contributed by atoms with van der Waals surface area (Å²) in [6.45, 7) is 26.3. The highest BCUT2D eigenvalue weighted by Gasteiger charge is 2.25. The van der Waals surface area contributed by atoms with E-state index >= 15 is 0 Å². The van der Waals surface area contributed by atoms with E-state index in [0.29, 0.717) is 35.1 Å². The number of imidazole rings is 2. The summed E-state index contributed by atoms with van der Waals surface area (Å²) in [6.07, 6.45) is 7.68. The van der Waals surface area contributed by atoms with Crippen LogP contribution in [0.1, 0.15) is 140 Å². The Bertz CT molecular complexity index is 2630. The van der Waals surface area contributed by atoms with E-state index in [-0.39, 0.29) is 11.7 Å². The maximum atomic E-state index is 14.7. The highest BCUT2D eigenvalue weighted by Crippen LogP contribution is 2.43. The van der Waals surface area contributed by atoms with Gasteiger partial charge in [-0.1, -0.05) is 156 Å². The molecule has 0 radical (unpaired) electrons. The van der Waals surface area contributed by atoms with Crippen LogP contribution in [0.4, 0.5) is 4.39 Å². The van der Waals surface area contributed by atoms with E-state index in [2.05, 4.69) is 140 Å². The number of furan rings is 1. The maximum Gasteiger partial charge on any atom is 0.147 e. The third-order valence-corrected chi connectivity index (χ3v) is 11.0. The highest BCUT2D eigenvalue weighted by molar-refractivity contribution is 6.11. The van der Waals surface area contributed by atoms with Gasteiger partial charge in [0.1, 0.15) is 28.6 Å². The largest absolute Gasteiger partial charge is 0.456 e. The lowest BCUT2D eigenvalue weighted by Crippen LogP contribution is -2.08. The molecule has 0 unspecified atom stereocenters. The van der Waals surface area contributed by atoms with Crippen molar-refractivity contribution < 1.29 is 8.81 Å². The molecule has 0 N–H and O–H groups in total. The Morgan fingerprint density at radius 2 is 0.966 bits per heavy atom. The molecule has 0 saturated carbocycles. The molecule has 5 nitrogen and oxygen atoms in total. The number of nitrogens with zero attached hydrogens (tertiary/aromatic N) is 4. The first-order chi connectivity index (χ1) is 28.4. The number of hydrogen-bond donors (Lipinski definition) is 0. The minimum atomic E-state index is -0.284. The molecule has 59 heavy (non-hydrogen) atoms. The minimum Gasteiger partial charge on any atom is -0.456 e. The second-order valence-corrected chi connectivity index (χ2v) is 16.6. The summed E-state index contributed by atoms with van der Waals surface area (Å²) < 4.78 is 25.4. The van der Waals surface area contributed by atoms with Crippen LogP contribution in [-0.4, -0.2) is 19.1 Å². The van der Waals surface area contributed by atoms with Crippen LogP contribution in [0.15, 0.2) is 126 Å². The molecule has 0 aliphatic rings. The van der Waals surface area contributed by atoms with E-state index in [1.165, 1.54) is 45.1 Å². The first kappa shape index (κ1) is 42.8. The number of para-hydroxylation sites is 2. The molecular weight excluding hydrogens is 728 g/mol. The van der Waals surface area contributed by atoms with Gasteiger partial charge in [0.25, 0.3) is 0 Å². The van der Waals surface area contributed by atoms with E-state index in [1.807, 2.05) is 55.1 Å². The van der Waals surface area contributed by atoms with Gasteiger partial charge in [0.05, 0.1) is 22.3 Å². The fourth-order valence-corrected chi connectivity index (χ4v) is 8.06. The van der Waals surface area contributed by atoms with Gasteiger partial charge >= 0.3 is 0 Å². The summed E-state index contributed by atoms with van der Waals surface area (Å²) in [5.74, 6) is 3.28. The number of halogens is 1. The number of rotatable bonds is 9. The van der Waals surface area contributed by atoms with Gasteiger partial charge in [-0.3, -0.25) is 9.13 Å². The Morgan fingerprint density at radius 3 is 1.54 bits per heavy atom. The fourth-order valence-electron chi connectivity index (χ4n) is 8.06. The second-order valence-electron chi connectivity index (χ2n) is 16.6. The van der Waals surface area contributed by atoms with Crippen LogP contribution in [0.3, 0.4) is 0 Å². The Kier molecular flexibility index (Phi) is 13.4. The zero-order chi connectivity index (χ0) is 42.5. The van der Waals surface area contributed by atoms with E-state index in [4.69, 9.17) is 9.40 Å². The van der Waals surface area contributed by atoms with Crippen LogP contribution in [0.2, 0.25) is 0 Å². The molecule has 0 amide bonds. The molecule has 0 aliphatic heterocycles. The number of aromatic nitrogens is 4. The number of hydrogen-bond acceptors (Lipinski definition) is 3. The SMILES string of the molecule is CC.CC(C)c1cc(C(C)C)c2oc3ccccc3c2c1-n1ccnc1-c1ccccc1F.CC(C)c1ccccc1-c1nccn1-c1c(C(C)C)cccc1C(C)C. The van der Waals surface area contributed by atoms with Gasteiger partial charge in [0.2, 0.25) is 0 Å². The molecule has 306 valence electrons. The summed E-state index contributed by atoms with van der Waals surface area (Å²) in [5, 5.41) is 2.12. The predicted molar refractivity (Wildman–Crippen MR) is 247 cm³/mol. The maximum absolute atomic E-state index is 14.7. The average Bonchev–Trinajstić information content (AvgIpc) is 4.00. The van der Waals surface area contributed by atoms with Crippen molar-refractivity contribution in [3.05, 3.63) is 155 Å². The lowest BCUT2D eigenvalue weighted by molar-refractivity contribution is 0.629. The smallest absolute Gasteiger partial charge is 0.147 e. The lowest BCUT2D eigenvalue weighted by atomic mass is 9.90. The molecule has 0 aliphatic carbocycles. The van der Waals surface area contributed by atoms with Crippen molar-refractivity contribution >= 4 is 21.9 Å². The second kappa shape index (κ2) is 18.4. The van der Waals surface area contributed by atoms with Gasteiger partial charge in [-0.05, 0) is 81.7 Å². The normalized spacial score (nSPS) is 11.6. The lowest BCUT2D eigenvalue weighted by Gasteiger charge is -2.22. The molecule has 5 aromatic carbocycles. The van der Waals surface area contributed by atoms with Gasteiger partial charge in [0, 0.05) is 35.7 Å². The van der Waals surface area contributed by atoms with Crippen LogP contribution >= 0.6 is 0 Å². The van der Waals surface area contributed by atoms with Crippen LogP contribution in [0, 0.1) is 5.82 Å². The average molecular weight is 789 g/mol. The van der Waals surface area contributed by atoms with Gasteiger partial charge in [-0.25, -0.2) is 14.4 Å². The number of benzene rings is 5. The van der Waals surface area contributed by atoms with Gasteiger partial charge < -0.3 is 4.42 Å². The van der Waals surface area contributed by atoms with Crippen molar-refractivity contribution in [2.45, 2.75) is 113 Å². The monoisotopic (exact) mass is 788 g/mol. The van der Waals surface area contributed by atoms with Gasteiger partial charge in [-0.2, -0.15) is 0 Å².